The Morgan fingerprint density at radius 1 is 0.969 bits per heavy atom. The van der Waals surface area contributed by atoms with Crippen molar-refractivity contribution in [1.82, 2.24) is 5.43 Å². The van der Waals surface area contributed by atoms with Crippen LogP contribution >= 0.6 is 23.2 Å². The summed E-state index contributed by atoms with van der Waals surface area (Å²) in [7, 11) is 0. The molecule has 0 unspecified atom stereocenters. The van der Waals surface area contributed by atoms with Gasteiger partial charge in [0.25, 0.3) is 5.91 Å². The van der Waals surface area contributed by atoms with Crippen LogP contribution in [0, 0.1) is 0 Å². The van der Waals surface area contributed by atoms with Crippen LogP contribution < -0.4 is 19.6 Å². The molecule has 166 valence electrons. The number of rotatable bonds is 10. The first kappa shape index (κ1) is 23.4. The maximum atomic E-state index is 11.9. The molecule has 0 radical (unpaired) electrons. The van der Waals surface area contributed by atoms with Gasteiger partial charge in [-0.05, 0) is 61.0 Å². The smallest absolute Gasteiger partial charge is 0.277 e. The highest BCUT2D eigenvalue weighted by Gasteiger charge is 2.08. The van der Waals surface area contributed by atoms with Crippen molar-refractivity contribution in [3.05, 3.63) is 87.9 Å². The number of hydrogen-bond acceptors (Lipinski definition) is 5. The van der Waals surface area contributed by atoms with E-state index >= 15 is 0 Å². The Bertz CT molecular complexity index is 1070. The summed E-state index contributed by atoms with van der Waals surface area (Å²) in [6, 6.07) is 19.6. The van der Waals surface area contributed by atoms with E-state index in [0.717, 1.165) is 11.1 Å². The van der Waals surface area contributed by atoms with E-state index in [0.29, 0.717) is 40.5 Å². The summed E-state index contributed by atoms with van der Waals surface area (Å²) in [5, 5.41) is 5.20. The highest BCUT2D eigenvalue weighted by Crippen LogP contribution is 2.29. The Morgan fingerprint density at radius 2 is 1.75 bits per heavy atom. The summed E-state index contributed by atoms with van der Waals surface area (Å²) in [5.74, 6) is 1.31. The fourth-order valence-electron chi connectivity index (χ4n) is 2.65. The lowest BCUT2D eigenvalue weighted by Crippen LogP contribution is -2.24. The second-order valence-corrected chi connectivity index (χ2v) is 7.40. The molecule has 8 heteroatoms. The van der Waals surface area contributed by atoms with E-state index < -0.39 is 0 Å². The van der Waals surface area contributed by atoms with Gasteiger partial charge in [0.2, 0.25) is 0 Å². The number of halogens is 2. The average molecular weight is 473 g/mol. The van der Waals surface area contributed by atoms with Crippen LogP contribution in [0.15, 0.2) is 71.8 Å². The number of nitrogens with zero attached hydrogens (tertiary/aromatic N) is 1. The molecule has 0 aromatic heterocycles. The first-order chi connectivity index (χ1) is 15.5. The van der Waals surface area contributed by atoms with Gasteiger partial charge in [-0.3, -0.25) is 4.79 Å². The molecule has 0 bridgehead atoms. The second-order valence-electron chi connectivity index (χ2n) is 6.56. The van der Waals surface area contributed by atoms with Crippen LogP contribution in [0.3, 0.4) is 0 Å². The van der Waals surface area contributed by atoms with Crippen molar-refractivity contribution >= 4 is 35.3 Å². The fourth-order valence-corrected chi connectivity index (χ4v) is 2.97. The first-order valence-corrected chi connectivity index (χ1v) is 10.6. The van der Waals surface area contributed by atoms with Crippen molar-refractivity contribution in [2.24, 2.45) is 5.10 Å². The van der Waals surface area contributed by atoms with E-state index in [4.69, 9.17) is 37.4 Å². The lowest BCUT2D eigenvalue weighted by molar-refractivity contribution is -0.123. The van der Waals surface area contributed by atoms with Crippen molar-refractivity contribution in [1.29, 1.82) is 0 Å². The van der Waals surface area contributed by atoms with Crippen LogP contribution in [0.25, 0.3) is 0 Å². The number of carbonyl (C=O) groups is 1. The number of benzene rings is 3. The largest absolute Gasteiger partial charge is 0.490 e. The highest BCUT2D eigenvalue weighted by molar-refractivity contribution is 6.31. The molecule has 0 aliphatic carbocycles. The SMILES string of the molecule is CCOc1cc(C=NNC(=O)COc2ccc(Cl)cc2)ccc1OCc1ccccc1Cl. The van der Waals surface area contributed by atoms with Crippen molar-refractivity contribution < 1.29 is 19.0 Å². The zero-order chi connectivity index (χ0) is 22.8. The summed E-state index contributed by atoms with van der Waals surface area (Å²) in [6.07, 6.45) is 1.51. The van der Waals surface area contributed by atoms with E-state index in [1.165, 1.54) is 6.21 Å². The summed E-state index contributed by atoms with van der Waals surface area (Å²) < 4.78 is 16.9. The predicted octanol–water partition coefficient (Wildman–Crippen LogP) is 5.50. The van der Waals surface area contributed by atoms with Crippen LogP contribution in [0.2, 0.25) is 10.0 Å². The van der Waals surface area contributed by atoms with Crippen LogP contribution in [-0.2, 0) is 11.4 Å². The third-order valence-electron chi connectivity index (χ3n) is 4.20. The van der Waals surface area contributed by atoms with Crippen LogP contribution in [0.4, 0.5) is 0 Å². The third kappa shape index (κ3) is 7.18. The van der Waals surface area contributed by atoms with Crippen molar-refractivity contribution in [2.75, 3.05) is 13.2 Å². The summed E-state index contributed by atoms with van der Waals surface area (Å²) >= 11 is 12.0. The molecule has 0 aliphatic heterocycles. The summed E-state index contributed by atoms with van der Waals surface area (Å²) in [4.78, 5) is 11.9. The van der Waals surface area contributed by atoms with Gasteiger partial charge in [0, 0.05) is 15.6 Å². The lowest BCUT2D eigenvalue weighted by Gasteiger charge is -2.13. The minimum Gasteiger partial charge on any atom is -0.490 e. The number of amides is 1. The van der Waals surface area contributed by atoms with Gasteiger partial charge in [-0.2, -0.15) is 5.10 Å². The lowest BCUT2D eigenvalue weighted by atomic mass is 10.2. The maximum Gasteiger partial charge on any atom is 0.277 e. The van der Waals surface area contributed by atoms with Crippen molar-refractivity contribution in [3.8, 4) is 17.2 Å². The van der Waals surface area contributed by atoms with Gasteiger partial charge >= 0.3 is 0 Å². The highest BCUT2D eigenvalue weighted by atomic mass is 35.5. The predicted molar refractivity (Wildman–Crippen MR) is 126 cm³/mol. The van der Waals surface area contributed by atoms with E-state index in [-0.39, 0.29) is 12.5 Å². The fraction of sp³-hybridized carbons (Fsp3) is 0.167. The summed E-state index contributed by atoms with van der Waals surface area (Å²) in [6.45, 7) is 2.51. The number of ether oxygens (including phenoxy) is 3. The van der Waals surface area contributed by atoms with Crippen LogP contribution in [0.5, 0.6) is 17.2 Å². The third-order valence-corrected chi connectivity index (χ3v) is 4.82. The Labute approximate surface area is 196 Å². The molecule has 32 heavy (non-hydrogen) atoms. The zero-order valence-corrected chi connectivity index (χ0v) is 18.9. The van der Waals surface area contributed by atoms with Crippen molar-refractivity contribution in [3.63, 3.8) is 0 Å². The van der Waals surface area contributed by atoms with Crippen LogP contribution in [0.1, 0.15) is 18.1 Å². The number of carbonyl (C=O) groups excluding carboxylic acids is 1. The quantitative estimate of drug-likeness (QED) is 0.312. The normalized spacial score (nSPS) is 10.7. The molecular weight excluding hydrogens is 451 g/mol. The molecule has 0 fully saturated rings. The minimum atomic E-state index is -0.388. The monoisotopic (exact) mass is 472 g/mol. The zero-order valence-electron chi connectivity index (χ0n) is 17.4. The standard InChI is InChI=1S/C24H22Cl2N2O4/c1-2-30-23-13-17(7-12-22(23)32-15-18-5-3-4-6-21(18)26)14-27-28-24(29)16-31-20-10-8-19(25)9-11-20/h3-14H,2,15-16H2,1H3,(H,28,29). The Kier molecular flexibility index (Phi) is 8.78. The van der Waals surface area contributed by atoms with Gasteiger partial charge in [0.05, 0.1) is 12.8 Å². The summed E-state index contributed by atoms with van der Waals surface area (Å²) in [5.41, 5.74) is 4.04. The Balaban J connectivity index is 1.55. The minimum absolute atomic E-state index is 0.169. The molecule has 0 saturated heterocycles. The van der Waals surface area contributed by atoms with Gasteiger partial charge in [0.15, 0.2) is 18.1 Å². The molecule has 0 atom stereocenters. The average Bonchev–Trinajstić information content (AvgIpc) is 2.79. The maximum absolute atomic E-state index is 11.9. The first-order valence-electron chi connectivity index (χ1n) is 9.88. The molecule has 3 rings (SSSR count). The van der Waals surface area contributed by atoms with Gasteiger partial charge < -0.3 is 14.2 Å². The number of hydrazone groups is 1. The topological polar surface area (TPSA) is 69.2 Å². The molecule has 1 N–H and O–H groups in total. The molecule has 3 aromatic rings. The van der Waals surface area contributed by atoms with Crippen molar-refractivity contribution in [2.45, 2.75) is 13.5 Å². The van der Waals surface area contributed by atoms with E-state index in [1.807, 2.05) is 37.3 Å². The van der Waals surface area contributed by atoms with Crippen LogP contribution in [-0.4, -0.2) is 25.3 Å². The van der Waals surface area contributed by atoms with Gasteiger partial charge in [-0.25, -0.2) is 5.43 Å². The molecule has 0 aliphatic rings. The molecule has 3 aromatic carbocycles. The molecular formula is C24H22Cl2N2O4. The van der Waals surface area contributed by atoms with Gasteiger partial charge in [-0.15, -0.1) is 0 Å². The van der Waals surface area contributed by atoms with Gasteiger partial charge in [-0.1, -0.05) is 41.4 Å². The number of nitrogens with one attached hydrogen (secondary N) is 1. The Hall–Kier alpha value is -3.22. The van der Waals surface area contributed by atoms with E-state index in [2.05, 4.69) is 10.5 Å². The second kappa shape index (κ2) is 12.0. The van der Waals surface area contributed by atoms with Gasteiger partial charge in [0.1, 0.15) is 12.4 Å². The molecule has 1 amide bonds. The molecule has 0 spiro atoms. The van der Waals surface area contributed by atoms with E-state index in [1.54, 1.807) is 36.4 Å². The Morgan fingerprint density at radius 3 is 2.50 bits per heavy atom. The molecule has 0 saturated carbocycles. The van der Waals surface area contributed by atoms with E-state index in [9.17, 15) is 4.79 Å². The molecule has 0 heterocycles. The number of hydrogen-bond donors (Lipinski definition) is 1. The molecule has 6 nitrogen and oxygen atoms in total.